The van der Waals surface area contributed by atoms with Gasteiger partial charge in [-0.1, -0.05) is 57.2 Å². The maximum Gasteiger partial charge on any atom is 0.250 e. The zero-order valence-corrected chi connectivity index (χ0v) is 22.6. The molecule has 0 aromatic heterocycles. The Balaban J connectivity index is 1.56. The predicted molar refractivity (Wildman–Crippen MR) is 145 cm³/mol. The summed E-state index contributed by atoms with van der Waals surface area (Å²) in [5, 5.41) is 2.73. The first-order chi connectivity index (χ1) is 17.5. The van der Waals surface area contributed by atoms with Gasteiger partial charge in [0.25, 0.3) is 0 Å². The van der Waals surface area contributed by atoms with E-state index in [1.807, 2.05) is 47.4 Å². The van der Waals surface area contributed by atoms with E-state index in [1.54, 1.807) is 23.1 Å². The van der Waals surface area contributed by atoms with Gasteiger partial charge in [0.1, 0.15) is 12.1 Å². The molecule has 2 aromatic rings. The van der Waals surface area contributed by atoms with Crippen LogP contribution in [-0.2, 0) is 25.0 Å². The second-order valence-electron chi connectivity index (χ2n) is 10.7. The van der Waals surface area contributed by atoms with Gasteiger partial charge in [-0.3, -0.25) is 9.59 Å². The van der Waals surface area contributed by atoms with E-state index in [0.717, 1.165) is 11.3 Å². The first-order valence-corrected chi connectivity index (χ1v) is 14.0. The zero-order valence-electron chi connectivity index (χ0n) is 21.8. The highest BCUT2D eigenvalue weighted by molar-refractivity contribution is 7.89. The predicted octanol–water partition coefficient (Wildman–Crippen LogP) is 3.12. The van der Waals surface area contributed by atoms with Gasteiger partial charge in [-0.15, -0.1) is 6.58 Å². The maximum atomic E-state index is 13.7. The Morgan fingerprint density at radius 2 is 1.68 bits per heavy atom. The molecule has 0 unspecified atom stereocenters. The third kappa shape index (κ3) is 5.29. The van der Waals surface area contributed by atoms with Crippen LogP contribution in [0.3, 0.4) is 0 Å². The summed E-state index contributed by atoms with van der Waals surface area (Å²) in [6, 6.07) is 16.7. The lowest BCUT2D eigenvalue weighted by molar-refractivity contribution is -0.137. The minimum atomic E-state index is -3.70. The van der Waals surface area contributed by atoms with Crippen molar-refractivity contribution in [2.24, 2.45) is 0 Å². The minimum absolute atomic E-state index is 0.0557. The van der Waals surface area contributed by atoms with Crippen molar-refractivity contribution in [2.75, 3.05) is 37.7 Å². The first kappa shape index (κ1) is 26.9. The first-order valence-electron chi connectivity index (χ1n) is 12.6. The second-order valence-corrected chi connectivity index (χ2v) is 12.6. The number of para-hydroxylation sites is 1. The fourth-order valence-electron chi connectivity index (χ4n) is 5.11. The number of sulfonamides is 1. The molecule has 2 amide bonds. The highest BCUT2D eigenvalue weighted by Gasteiger charge is 2.55. The number of piperidine rings is 1. The molecule has 0 aliphatic carbocycles. The molecule has 2 heterocycles. The summed E-state index contributed by atoms with van der Waals surface area (Å²) < 4.78 is 28.4. The normalized spacial score (nSPS) is 18.3. The minimum Gasteiger partial charge on any atom is -0.351 e. The highest BCUT2D eigenvalue weighted by Crippen LogP contribution is 2.40. The Hall–Kier alpha value is -3.17. The molecule has 1 spiro atoms. The van der Waals surface area contributed by atoms with E-state index in [2.05, 4.69) is 32.7 Å². The summed E-state index contributed by atoms with van der Waals surface area (Å²) in [5.74, 6) is -0.395. The van der Waals surface area contributed by atoms with Gasteiger partial charge in [0, 0.05) is 25.3 Å². The molecule has 4 rings (SSSR count). The fraction of sp³-hybridized carbons (Fsp3) is 0.429. The largest absolute Gasteiger partial charge is 0.351 e. The molecular weight excluding hydrogens is 488 g/mol. The topological polar surface area (TPSA) is 90.0 Å². The molecule has 0 bridgehead atoms. The molecule has 8 nitrogen and oxygen atoms in total. The molecular formula is C28H36N4O4S. The van der Waals surface area contributed by atoms with Gasteiger partial charge in [0.2, 0.25) is 21.8 Å². The maximum absolute atomic E-state index is 13.7. The summed E-state index contributed by atoms with van der Waals surface area (Å²) >= 11 is 0. The van der Waals surface area contributed by atoms with Crippen LogP contribution < -0.4 is 10.2 Å². The Kier molecular flexibility index (Phi) is 7.48. The SMILES string of the molecule is C=CCNC(=O)CN1CN(c2ccccc2)C2(CCN(S(=O)(=O)c3ccc(C(C)(C)C)cc3)CC2)C1=O. The molecule has 0 atom stereocenters. The molecule has 9 heteroatoms. The molecule has 0 radical (unpaired) electrons. The van der Waals surface area contributed by atoms with Gasteiger partial charge in [0.05, 0.1) is 11.6 Å². The van der Waals surface area contributed by atoms with Gasteiger partial charge in [-0.05, 0) is 48.1 Å². The number of nitrogens with zero attached hydrogens (tertiary/aromatic N) is 3. The van der Waals surface area contributed by atoms with Crippen LogP contribution in [0.1, 0.15) is 39.2 Å². The van der Waals surface area contributed by atoms with Crippen molar-refractivity contribution in [1.29, 1.82) is 0 Å². The van der Waals surface area contributed by atoms with Crippen molar-refractivity contribution in [3.8, 4) is 0 Å². The van der Waals surface area contributed by atoms with Crippen molar-refractivity contribution in [1.82, 2.24) is 14.5 Å². The van der Waals surface area contributed by atoms with E-state index in [9.17, 15) is 18.0 Å². The molecule has 198 valence electrons. The lowest BCUT2D eigenvalue weighted by atomic mass is 9.86. The quantitative estimate of drug-likeness (QED) is 0.562. The van der Waals surface area contributed by atoms with Crippen LogP contribution in [0.4, 0.5) is 5.69 Å². The highest BCUT2D eigenvalue weighted by atomic mass is 32.2. The van der Waals surface area contributed by atoms with Crippen molar-refractivity contribution >= 4 is 27.5 Å². The number of hydrogen-bond donors (Lipinski definition) is 1. The fourth-order valence-corrected chi connectivity index (χ4v) is 6.55. The smallest absolute Gasteiger partial charge is 0.250 e. The van der Waals surface area contributed by atoms with Crippen molar-refractivity contribution in [3.63, 3.8) is 0 Å². The molecule has 2 aliphatic rings. The lowest BCUT2D eigenvalue weighted by Crippen LogP contribution is -2.57. The van der Waals surface area contributed by atoms with Crippen LogP contribution in [0.2, 0.25) is 0 Å². The Morgan fingerprint density at radius 1 is 1.05 bits per heavy atom. The standard InChI is InChI=1S/C28H36N4O4S/c1-5-17-29-25(33)20-30-21-32(23-9-7-6-8-10-23)28(26(30)34)15-18-31(19-16-28)37(35,36)24-13-11-22(12-14-24)27(2,3)4/h5-14H,1,15-21H2,2-4H3,(H,29,33). The third-order valence-corrected chi connectivity index (χ3v) is 9.18. The molecule has 2 aliphatic heterocycles. The summed E-state index contributed by atoms with van der Waals surface area (Å²) in [5.41, 5.74) is 0.968. The van der Waals surface area contributed by atoms with E-state index in [-0.39, 0.29) is 48.4 Å². The van der Waals surface area contributed by atoms with Crippen LogP contribution in [0, 0.1) is 0 Å². The number of nitrogens with one attached hydrogen (secondary N) is 1. The molecule has 37 heavy (non-hydrogen) atoms. The van der Waals surface area contributed by atoms with E-state index >= 15 is 0 Å². The summed E-state index contributed by atoms with van der Waals surface area (Å²) in [4.78, 5) is 30.0. The second kappa shape index (κ2) is 10.3. The number of hydrogen-bond acceptors (Lipinski definition) is 5. The van der Waals surface area contributed by atoms with Crippen molar-refractivity contribution in [2.45, 2.75) is 49.5 Å². The Bertz CT molecular complexity index is 1250. The summed E-state index contributed by atoms with van der Waals surface area (Å²) in [6.07, 6.45) is 2.27. The number of anilines is 1. The van der Waals surface area contributed by atoms with E-state index in [0.29, 0.717) is 19.4 Å². The van der Waals surface area contributed by atoms with Crippen LogP contribution in [0.25, 0.3) is 0 Å². The van der Waals surface area contributed by atoms with Crippen LogP contribution in [-0.4, -0.2) is 67.8 Å². The molecule has 1 N–H and O–H groups in total. The molecule has 2 aromatic carbocycles. The van der Waals surface area contributed by atoms with Gasteiger partial charge in [-0.2, -0.15) is 4.31 Å². The van der Waals surface area contributed by atoms with Gasteiger partial charge >= 0.3 is 0 Å². The average Bonchev–Trinajstić information content (AvgIpc) is 3.14. The van der Waals surface area contributed by atoms with Crippen LogP contribution >= 0.6 is 0 Å². The number of carbonyl (C=O) groups excluding carboxylic acids is 2. The molecule has 0 saturated carbocycles. The van der Waals surface area contributed by atoms with Gasteiger partial charge in [0.15, 0.2) is 0 Å². The zero-order chi connectivity index (χ0) is 26.8. The number of carbonyl (C=O) groups is 2. The Morgan fingerprint density at radius 3 is 2.24 bits per heavy atom. The number of rotatable bonds is 7. The van der Waals surface area contributed by atoms with Gasteiger partial charge < -0.3 is 15.1 Å². The Labute approximate surface area is 220 Å². The van der Waals surface area contributed by atoms with E-state index < -0.39 is 15.6 Å². The number of amides is 2. The molecule has 2 fully saturated rings. The number of benzene rings is 2. The molecule has 2 saturated heterocycles. The summed E-state index contributed by atoms with van der Waals surface area (Å²) in [6.45, 7) is 10.8. The monoisotopic (exact) mass is 524 g/mol. The average molecular weight is 525 g/mol. The van der Waals surface area contributed by atoms with Crippen molar-refractivity contribution in [3.05, 3.63) is 72.8 Å². The van der Waals surface area contributed by atoms with Crippen LogP contribution in [0.15, 0.2) is 72.1 Å². The van der Waals surface area contributed by atoms with E-state index in [4.69, 9.17) is 0 Å². The summed E-state index contributed by atoms with van der Waals surface area (Å²) in [7, 11) is -3.70. The third-order valence-electron chi connectivity index (χ3n) is 7.27. The lowest BCUT2D eigenvalue weighted by Gasteiger charge is -2.42. The van der Waals surface area contributed by atoms with Crippen LogP contribution in [0.5, 0.6) is 0 Å². The van der Waals surface area contributed by atoms with E-state index in [1.165, 1.54) is 4.31 Å². The van der Waals surface area contributed by atoms with Crippen molar-refractivity contribution < 1.29 is 18.0 Å². The van der Waals surface area contributed by atoms with Gasteiger partial charge in [-0.25, -0.2) is 8.42 Å².